The van der Waals surface area contributed by atoms with Crippen molar-refractivity contribution in [3.63, 3.8) is 0 Å². The summed E-state index contributed by atoms with van der Waals surface area (Å²) in [6.45, 7) is 12.1. The molecule has 0 saturated heterocycles. The molecule has 2 nitrogen and oxygen atoms in total. The van der Waals surface area contributed by atoms with E-state index in [2.05, 4.69) is 63.8 Å². The predicted octanol–water partition coefficient (Wildman–Crippen LogP) is 3.50. The molecule has 1 aromatic rings. The maximum atomic E-state index is 6.26. The van der Waals surface area contributed by atoms with Gasteiger partial charge in [-0.2, -0.15) is 0 Å². The lowest BCUT2D eigenvalue weighted by Crippen LogP contribution is -2.44. The first-order chi connectivity index (χ1) is 8.52. The van der Waals surface area contributed by atoms with Gasteiger partial charge in [-0.3, -0.25) is 4.90 Å². The highest BCUT2D eigenvalue weighted by atomic mass is 15.2. The summed E-state index contributed by atoms with van der Waals surface area (Å²) in [5.41, 5.74) is 8.97. The van der Waals surface area contributed by atoms with E-state index in [4.69, 9.17) is 5.73 Å². The van der Waals surface area contributed by atoms with E-state index in [-0.39, 0.29) is 6.04 Å². The average Bonchev–Trinajstić information content (AvgIpc) is 2.35. The third-order valence-electron chi connectivity index (χ3n) is 3.88. The number of hydrogen-bond donors (Lipinski definition) is 1. The van der Waals surface area contributed by atoms with Crippen molar-refractivity contribution in [2.75, 3.05) is 6.54 Å². The fraction of sp³-hybridized carbons (Fsp3) is 0.625. The van der Waals surface area contributed by atoms with Crippen LogP contribution in [0.5, 0.6) is 0 Å². The molecule has 102 valence electrons. The third kappa shape index (κ3) is 3.33. The van der Waals surface area contributed by atoms with E-state index >= 15 is 0 Å². The minimum Gasteiger partial charge on any atom is -0.326 e. The summed E-state index contributed by atoms with van der Waals surface area (Å²) in [5, 5.41) is 0. The van der Waals surface area contributed by atoms with E-state index in [0.29, 0.717) is 12.1 Å². The molecule has 0 saturated carbocycles. The van der Waals surface area contributed by atoms with E-state index < -0.39 is 0 Å². The molecule has 0 radical (unpaired) electrons. The second kappa shape index (κ2) is 6.91. The van der Waals surface area contributed by atoms with Gasteiger partial charge >= 0.3 is 0 Å². The largest absolute Gasteiger partial charge is 0.326 e. The lowest BCUT2D eigenvalue weighted by molar-refractivity contribution is 0.131. The zero-order chi connectivity index (χ0) is 13.7. The van der Waals surface area contributed by atoms with Gasteiger partial charge in [0.15, 0.2) is 0 Å². The first kappa shape index (κ1) is 15.2. The van der Waals surface area contributed by atoms with E-state index in [0.717, 1.165) is 13.0 Å². The standard InChI is InChI=1S/C16H28N2/c1-6-13(4)18(7-2)16(14(5)17)15-11-9-8-10-12(15)3/h8-11,13-14,16H,6-7,17H2,1-5H3. The summed E-state index contributed by atoms with van der Waals surface area (Å²) in [5.74, 6) is 0. The van der Waals surface area contributed by atoms with Crippen LogP contribution in [0, 0.1) is 6.92 Å². The summed E-state index contributed by atoms with van der Waals surface area (Å²) >= 11 is 0. The maximum absolute atomic E-state index is 6.26. The highest BCUT2D eigenvalue weighted by Gasteiger charge is 2.26. The van der Waals surface area contributed by atoms with E-state index in [1.165, 1.54) is 11.1 Å². The molecule has 18 heavy (non-hydrogen) atoms. The highest BCUT2D eigenvalue weighted by Crippen LogP contribution is 2.28. The first-order valence-corrected chi connectivity index (χ1v) is 7.09. The van der Waals surface area contributed by atoms with Crippen LogP contribution in [0.3, 0.4) is 0 Å². The Kier molecular flexibility index (Phi) is 5.83. The van der Waals surface area contributed by atoms with Crippen molar-refractivity contribution < 1.29 is 0 Å². The Hall–Kier alpha value is -0.860. The highest BCUT2D eigenvalue weighted by molar-refractivity contribution is 5.30. The third-order valence-corrected chi connectivity index (χ3v) is 3.88. The Morgan fingerprint density at radius 3 is 2.22 bits per heavy atom. The second-order valence-electron chi connectivity index (χ2n) is 5.25. The summed E-state index contributed by atoms with van der Waals surface area (Å²) in [6.07, 6.45) is 1.16. The van der Waals surface area contributed by atoms with Crippen molar-refractivity contribution in [1.82, 2.24) is 4.90 Å². The molecule has 1 rings (SSSR count). The SMILES string of the molecule is CCC(C)N(CC)C(c1ccccc1C)C(C)N. The van der Waals surface area contributed by atoms with Gasteiger partial charge in [0.05, 0.1) is 6.04 Å². The Labute approximate surface area is 112 Å². The fourth-order valence-electron chi connectivity index (χ4n) is 2.70. The van der Waals surface area contributed by atoms with Crippen LogP contribution in [0.1, 0.15) is 51.3 Å². The maximum Gasteiger partial charge on any atom is 0.0501 e. The van der Waals surface area contributed by atoms with Gasteiger partial charge in [-0.15, -0.1) is 0 Å². The van der Waals surface area contributed by atoms with Gasteiger partial charge in [-0.05, 0) is 44.9 Å². The predicted molar refractivity (Wildman–Crippen MR) is 79.7 cm³/mol. The number of aryl methyl sites for hydroxylation is 1. The van der Waals surface area contributed by atoms with Crippen molar-refractivity contribution in [3.8, 4) is 0 Å². The average molecular weight is 248 g/mol. The van der Waals surface area contributed by atoms with Crippen LogP contribution in [0.2, 0.25) is 0 Å². The van der Waals surface area contributed by atoms with Crippen molar-refractivity contribution in [3.05, 3.63) is 35.4 Å². The van der Waals surface area contributed by atoms with Crippen LogP contribution < -0.4 is 5.73 Å². The molecule has 3 atom stereocenters. The topological polar surface area (TPSA) is 29.3 Å². The first-order valence-electron chi connectivity index (χ1n) is 7.09. The minimum absolute atomic E-state index is 0.139. The molecule has 0 bridgehead atoms. The van der Waals surface area contributed by atoms with E-state index in [1.54, 1.807) is 0 Å². The molecule has 3 unspecified atom stereocenters. The summed E-state index contributed by atoms with van der Waals surface area (Å²) in [4.78, 5) is 2.52. The van der Waals surface area contributed by atoms with Crippen LogP contribution in [0.25, 0.3) is 0 Å². The van der Waals surface area contributed by atoms with Gasteiger partial charge in [0.1, 0.15) is 0 Å². The molecule has 1 aromatic carbocycles. The number of nitrogens with zero attached hydrogens (tertiary/aromatic N) is 1. The van der Waals surface area contributed by atoms with Gasteiger partial charge in [0.2, 0.25) is 0 Å². The van der Waals surface area contributed by atoms with Crippen molar-refractivity contribution in [2.24, 2.45) is 5.73 Å². The van der Waals surface area contributed by atoms with Crippen molar-refractivity contribution in [2.45, 2.75) is 59.2 Å². The number of likely N-dealkylation sites (N-methyl/N-ethyl adjacent to an activating group) is 1. The van der Waals surface area contributed by atoms with Gasteiger partial charge in [-0.25, -0.2) is 0 Å². The van der Waals surface area contributed by atoms with Crippen molar-refractivity contribution in [1.29, 1.82) is 0 Å². The summed E-state index contributed by atoms with van der Waals surface area (Å²) < 4.78 is 0. The molecule has 0 fully saturated rings. The van der Waals surface area contributed by atoms with Gasteiger partial charge in [-0.1, -0.05) is 38.1 Å². The minimum atomic E-state index is 0.139. The number of rotatable bonds is 6. The Bertz CT molecular complexity index is 360. The number of nitrogens with two attached hydrogens (primary N) is 1. The molecule has 2 N–H and O–H groups in total. The van der Waals surface area contributed by atoms with Crippen LogP contribution in [-0.4, -0.2) is 23.5 Å². The quantitative estimate of drug-likeness (QED) is 0.835. The van der Waals surface area contributed by atoms with Gasteiger partial charge in [0.25, 0.3) is 0 Å². The molecule has 0 aliphatic rings. The van der Waals surface area contributed by atoms with Gasteiger partial charge in [0, 0.05) is 12.1 Å². The second-order valence-corrected chi connectivity index (χ2v) is 5.25. The molecule has 0 heterocycles. The summed E-state index contributed by atoms with van der Waals surface area (Å²) in [6, 6.07) is 9.61. The zero-order valence-corrected chi connectivity index (χ0v) is 12.5. The molecule has 0 aliphatic carbocycles. The van der Waals surface area contributed by atoms with Crippen LogP contribution in [0.15, 0.2) is 24.3 Å². The number of hydrogen-bond acceptors (Lipinski definition) is 2. The molecule has 0 aromatic heterocycles. The molecule has 0 aliphatic heterocycles. The smallest absolute Gasteiger partial charge is 0.0501 e. The lowest BCUT2D eigenvalue weighted by Gasteiger charge is -2.38. The van der Waals surface area contributed by atoms with Crippen LogP contribution >= 0.6 is 0 Å². The number of benzene rings is 1. The van der Waals surface area contributed by atoms with Crippen LogP contribution in [0.4, 0.5) is 0 Å². The normalized spacial score (nSPS) is 16.6. The Balaban J connectivity index is 3.13. The van der Waals surface area contributed by atoms with E-state index in [1.807, 2.05) is 0 Å². The zero-order valence-electron chi connectivity index (χ0n) is 12.5. The Morgan fingerprint density at radius 1 is 1.17 bits per heavy atom. The van der Waals surface area contributed by atoms with Gasteiger partial charge < -0.3 is 5.73 Å². The fourth-order valence-corrected chi connectivity index (χ4v) is 2.70. The molecular formula is C16H28N2. The lowest BCUT2D eigenvalue weighted by atomic mass is 9.93. The van der Waals surface area contributed by atoms with Crippen LogP contribution in [-0.2, 0) is 0 Å². The molecule has 0 amide bonds. The van der Waals surface area contributed by atoms with Crippen molar-refractivity contribution >= 4 is 0 Å². The monoisotopic (exact) mass is 248 g/mol. The molecule has 2 heteroatoms. The Morgan fingerprint density at radius 2 is 1.78 bits per heavy atom. The molecular weight excluding hydrogens is 220 g/mol. The van der Waals surface area contributed by atoms with E-state index in [9.17, 15) is 0 Å². The summed E-state index contributed by atoms with van der Waals surface area (Å²) in [7, 11) is 0. The molecule has 0 spiro atoms.